The molecule has 2 heterocycles. The van der Waals surface area contributed by atoms with Crippen LogP contribution < -0.4 is 10.3 Å². The van der Waals surface area contributed by atoms with Crippen LogP contribution in [0.2, 0.25) is 0 Å². The van der Waals surface area contributed by atoms with Crippen LogP contribution in [0.15, 0.2) is 53.3 Å². The van der Waals surface area contributed by atoms with E-state index in [0.29, 0.717) is 13.1 Å². The molecule has 0 saturated carbocycles. The highest BCUT2D eigenvalue weighted by molar-refractivity contribution is 5.81. The van der Waals surface area contributed by atoms with Crippen molar-refractivity contribution in [3.8, 4) is 5.75 Å². The third kappa shape index (κ3) is 5.49. The Morgan fingerprint density at radius 2 is 1.86 bits per heavy atom. The van der Waals surface area contributed by atoms with Gasteiger partial charge in [-0.15, -0.1) is 5.10 Å². The molecular weight excluding hydrogens is 452 g/mol. The zero-order valence-corrected chi connectivity index (χ0v) is 22.1. The Morgan fingerprint density at radius 1 is 1.11 bits per heavy atom. The van der Waals surface area contributed by atoms with Crippen molar-refractivity contribution in [2.24, 2.45) is 0 Å². The predicted molar refractivity (Wildman–Crippen MR) is 142 cm³/mol. The van der Waals surface area contributed by atoms with Gasteiger partial charge in [-0.3, -0.25) is 9.69 Å². The van der Waals surface area contributed by atoms with E-state index in [1.54, 1.807) is 7.11 Å². The standard InChI is InChI=1S/C28H36N6O2/c1-7-9-24(26-30-31-32-34(26)28(3,4)5)33(17-20-12-14-23(36-6)15-13-20)18-22-16-21-11-8-10-19(2)25(21)29-27(22)35/h8,10-16,24H,7,9,17-18H2,1-6H3,(H,29,35). The number of nitrogens with zero attached hydrogens (tertiary/aromatic N) is 5. The van der Waals surface area contributed by atoms with Gasteiger partial charge in [-0.25, -0.2) is 4.68 Å². The number of rotatable bonds is 9. The van der Waals surface area contributed by atoms with Gasteiger partial charge in [0.25, 0.3) is 5.56 Å². The molecule has 190 valence electrons. The number of hydrogen-bond donors (Lipinski definition) is 1. The number of para-hydroxylation sites is 1. The van der Waals surface area contributed by atoms with E-state index in [0.717, 1.165) is 52.0 Å². The average Bonchev–Trinajstić information content (AvgIpc) is 3.34. The van der Waals surface area contributed by atoms with Crippen molar-refractivity contribution in [2.45, 2.75) is 72.1 Å². The Labute approximate surface area is 212 Å². The van der Waals surface area contributed by atoms with Crippen molar-refractivity contribution >= 4 is 10.9 Å². The summed E-state index contributed by atoms with van der Waals surface area (Å²) in [5, 5.41) is 13.9. The van der Waals surface area contributed by atoms with Gasteiger partial charge in [0.2, 0.25) is 0 Å². The Morgan fingerprint density at radius 3 is 2.53 bits per heavy atom. The second-order valence-electron chi connectivity index (χ2n) is 10.3. The summed E-state index contributed by atoms with van der Waals surface area (Å²) < 4.78 is 7.25. The van der Waals surface area contributed by atoms with Gasteiger partial charge in [0.15, 0.2) is 5.82 Å². The number of nitrogens with one attached hydrogen (secondary N) is 1. The molecule has 0 aliphatic rings. The average molecular weight is 489 g/mol. The fourth-order valence-electron chi connectivity index (χ4n) is 4.63. The van der Waals surface area contributed by atoms with Gasteiger partial charge < -0.3 is 9.72 Å². The molecule has 1 atom stereocenters. The van der Waals surface area contributed by atoms with Gasteiger partial charge in [-0.05, 0) is 79.3 Å². The molecule has 1 unspecified atom stereocenters. The normalized spacial score (nSPS) is 12.9. The van der Waals surface area contributed by atoms with E-state index < -0.39 is 0 Å². The molecule has 0 spiro atoms. The summed E-state index contributed by atoms with van der Waals surface area (Å²) in [6.45, 7) is 11.6. The number of aryl methyl sites for hydroxylation is 1. The summed E-state index contributed by atoms with van der Waals surface area (Å²) in [6.07, 6.45) is 1.81. The van der Waals surface area contributed by atoms with E-state index in [-0.39, 0.29) is 17.1 Å². The van der Waals surface area contributed by atoms with Crippen molar-refractivity contribution in [2.75, 3.05) is 7.11 Å². The van der Waals surface area contributed by atoms with E-state index in [4.69, 9.17) is 4.74 Å². The second-order valence-corrected chi connectivity index (χ2v) is 10.3. The van der Waals surface area contributed by atoms with Crippen LogP contribution in [0.4, 0.5) is 0 Å². The number of pyridine rings is 1. The molecule has 4 aromatic rings. The molecule has 2 aromatic carbocycles. The fraction of sp³-hybridized carbons (Fsp3) is 0.429. The highest BCUT2D eigenvalue weighted by atomic mass is 16.5. The summed E-state index contributed by atoms with van der Waals surface area (Å²) in [5.74, 6) is 1.62. The summed E-state index contributed by atoms with van der Waals surface area (Å²) in [7, 11) is 1.67. The molecule has 8 nitrogen and oxygen atoms in total. The smallest absolute Gasteiger partial charge is 0.252 e. The zero-order valence-electron chi connectivity index (χ0n) is 22.1. The lowest BCUT2D eigenvalue weighted by Gasteiger charge is -2.33. The van der Waals surface area contributed by atoms with Gasteiger partial charge in [0.1, 0.15) is 5.75 Å². The van der Waals surface area contributed by atoms with Crippen LogP contribution in [0, 0.1) is 6.92 Å². The number of benzene rings is 2. The molecule has 0 amide bonds. The lowest BCUT2D eigenvalue weighted by molar-refractivity contribution is 0.148. The van der Waals surface area contributed by atoms with Crippen molar-refractivity contribution in [3.05, 3.63) is 81.4 Å². The lowest BCUT2D eigenvalue weighted by atomic mass is 10.0. The lowest BCUT2D eigenvalue weighted by Crippen LogP contribution is -2.35. The highest BCUT2D eigenvalue weighted by Crippen LogP contribution is 2.30. The Kier molecular flexibility index (Phi) is 7.54. The van der Waals surface area contributed by atoms with Crippen molar-refractivity contribution in [3.63, 3.8) is 0 Å². The van der Waals surface area contributed by atoms with Crippen LogP contribution in [0.1, 0.15) is 69.1 Å². The predicted octanol–water partition coefficient (Wildman–Crippen LogP) is 5.13. The first-order valence-electron chi connectivity index (χ1n) is 12.5. The Hall–Kier alpha value is -3.52. The molecule has 0 aliphatic heterocycles. The molecule has 0 bridgehead atoms. The molecule has 1 N–H and O–H groups in total. The summed E-state index contributed by atoms with van der Waals surface area (Å²) >= 11 is 0. The number of aromatic amines is 1. The van der Waals surface area contributed by atoms with Crippen LogP contribution >= 0.6 is 0 Å². The third-order valence-corrected chi connectivity index (χ3v) is 6.51. The van der Waals surface area contributed by atoms with E-state index in [1.165, 1.54) is 0 Å². The number of methoxy groups -OCH3 is 1. The zero-order chi connectivity index (χ0) is 25.9. The van der Waals surface area contributed by atoms with Gasteiger partial charge in [0, 0.05) is 18.7 Å². The molecular formula is C28H36N6O2. The Balaban J connectivity index is 1.79. The summed E-state index contributed by atoms with van der Waals surface area (Å²) in [5.41, 5.74) is 3.45. The second kappa shape index (κ2) is 10.6. The first kappa shape index (κ1) is 25.6. The van der Waals surface area contributed by atoms with Crippen LogP contribution in [-0.2, 0) is 18.6 Å². The number of fused-ring (bicyclic) bond motifs is 1. The number of H-pyrrole nitrogens is 1. The van der Waals surface area contributed by atoms with Crippen LogP contribution in [0.3, 0.4) is 0 Å². The molecule has 36 heavy (non-hydrogen) atoms. The minimum Gasteiger partial charge on any atom is -0.497 e. The number of hydrogen-bond acceptors (Lipinski definition) is 6. The monoisotopic (exact) mass is 488 g/mol. The maximum Gasteiger partial charge on any atom is 0.252 e. The number of tetrazole rings is 1. The van der Waals surface area contributed by atoms with E-state index >= 15 is 0 Å². The van der Waals surface area contributed by atoms with Crippen LogP contribution in [-0.4, -0.2) is 37.2 Å². The molecule has 0 aliphatic carbocycles. The third-order valence-electron chi connectivity index (χ3n) is 6.51. The van der Waals surface area contributed by atoms with Crippen molar-refractivity contribution in [1.82, 2.24) is 30.1 Å². The van der Waals surface area contributed by atoms with Gasteiger partial charge in [-0.2, -0.15) is 0 Å². The number of ether oxygens (including phenoxy) is 1. The fourth-order valence-corrected chi connectivity index (χ4v) is 4.63. The summed E-state index contributed by atoms with van der Waals surface area (Å²) in [6, 6.07) is 16.1. The first-order valence-corrected chi connectivity index (χ1v) is 12.5. The first-order chi connectivity index (χ1) is 17.2. The van der Waals surface area contributed by atoms with Crippen molar-refractivity contribution in [1.29, 1.82) is 0 Å². The number of aromatic nitrogens is 5. The van der Waals surface area contributed by atoms with E-state index in [1.807, 2.05) is 48.0 Å². The highest BCUT2D eigenvalue weighted by Gasteiger charge is 2.30. The quantitative estimate of drug-likeness (QED) is 0.351. The minimum absolute atomic E-state index is 0.0674. The van der Waals surface area contributed by atoms with Gasteiger partial charge in [0.05, 0.1) is 24.2 Å². The molecule has 2 aromatic heterocycles. The van der Waals surface area contributed by atoms with Gasteiger partial charge >= 0.3 is 0 Å². The van der Waals surface area contributed by atoms with Crippen LogP contribution in [0.5, 0.6) is 5.75 Å². The largest absolute Gasteiger partial charge is 0.497 e. The SMILES string of the molecule is CCCC(c1nnnn1C(C)(C)C)N(Cc1ccc(OC)cc1)Cc1cc2cccc(C)c2[nH]c1=O. The van der Waals surface area contributed by atoms with Crippen molar-refractivity contribution < 1.29 is 4.74 Å². The van der Waals surface area contributed by atoms with E-state index in [2.05, 4.69) is 65.2 Å². The van der Waals surface area contributed by atoms with Gasteiger partial charge in [-0.1, -0.05) is 43.7 Å². The molecule has 4 rings (SSSR count). The maximum absolute atomic E-state index is 13.2. The van der Waals surface area contributed by atoms with Crippen LogP contribution in [0.25, 0.3) is 10.9 Å². The molecule has 8 heteroatoms. The topological polar surface area (TPSA) is 88.9 Å². The Bertz CT molecular complexity index is 1370. The molecule has 0 saturated heterocycles. The van der Waals surface area contributed by atoms with E-state index in [9.17, 15) is 4.79 Å². The maximum atomic E-state index is 13.2. The molecule has 0 radical (unpaired) electrons. The minimum atomic E-state index is -0.269. The summed E-state index contributed by atoms with van der Waals surface area (Å²) in [4.78, 5) is 18.6. The molecule has 0 fully saturated rings.